The summed E-state index contributed by atoms with van der Waals surface area (Å²) in [6.45, 7) is 1.52. The van der Waals surface area contributed by atoms with E-state index in [4.69, 9.17) is 4.42 Å². The van der Waals surface area contributed by atoms with Crippen LogP contribution in [0.25, 0.3) is 0 Å². The van der Waals surface area contributed by atoms with Crippen LogP contribution in [0.2, 0.25) is 0 Å². The van der Waals surface area contributed by atoms with Gasteiger partial charge in [0, 0.05) is 6.54 Å². The van der Waals surface area contributed by atoms with Crippen LogP contribution < -0.4 is 0 Å². The number of nitrogens with zero attached hydrogens (tertiary/aromatic N) is 3. The summed E-state index contributed by atoms with van der Waals surface area (Å²) in [5, 5.41) is 14.8. The van der Waals surface area contributed by atoms with Gasteiger partial charge in [0.05, 0.1) is 27.4 Å². The second kappa shape index (κ2) is 6.74. The minimum Gasteiger partial charge on any atom is -0.450 e. The van der Waals surface area contributed by atoms with Gasteiger partial charge in [-0.3, -0.25) is 4.68 Å². The fraction of sp³-hybridized carbons (Fsp3) is 0.417. The zero-order chi connectivity index (χ0) is 14.9. The molecular formula is C12H14Br3N3O2. The van der Waals surface area contributed by atoms with Crippen molar-refractivity contribution >= 4 is 47.8 Å². The fourth-order valence-corrected chi connectivity index (χ4v) is 2.87. The molecule has 0 aromatic carbocycles. The van der Waals surface area contributed by atoms with Gasteiger partial charge in [0.1, 0.15) is 5.76 Å². The lowest BCUT2D eigenvalue weighted by Crippen LogP contribution is -2.21. The Morgan fingerprint density at radius 2 is 2.05 bits per heavy atom. The second-order valence-electron chi connectivity index (χ2n) is 4.58. The lowest BCUT2D eigenvalue weighted by Gasteiger charge is -2.14. The summed E-state index contributed by atoms with van der Waals surface area (Å²) < 4.78 is 9.34. The molecule has 0 aliphatic rings. The number of hydrogen-bond acceptors (Lipinski definition) is 4. The maximum atomic E-state index is 10.5. The van der Waals surface area contributed by atoms with E-state index in [-0.39, 0.29) is 0 Å². The van der Waals surface area contributed by atoms with Gasteiger partial charge in [0.15, 0.2) is 10.8 Å². The zero-order valence-corrected chi connectivity index (χ0v) is 15.7. The smallest absolute Gasteiger partial charge is 0.183 e. The van der Waals surface area contributed by atoms with E-state index in [9.17, 15) is 5.11 Å². The quantitative estimate of drug-likeness (QED) is 0.726. The highest BCUT2D eigenvalue weighted by atomic mass is 79.9. The zero-order valence-electron chi connectivity index (χ0n) is 11.0. The highest BCUT2D eigenvalue weighted by Gasteiger charge is 2.23. The van der Waals surface area contributed by atoms with Crippen molar-refractivity contribution in [1.82, 2.24) is 14.7 Å². The Labute approximate surface area is 142 Å². The molecule has 8 heteroatoms. The van der Waals surface area contributed by atoms with Crippen molar-refractivity contribution in [3.05, 3.63) is 37.3 Å². The third-order valence-corrected chi connectivity index (χ3v) is 5.11. The molecule has 1 unspecified atom stereocenters. The average Bonchev–Trinajstić information content (AvgIpc) is 2.90. The first-order valence-electron chi connectivity index (χ1n) is 5.89. The number of likely N-dealkylation sites (N-methyl/N-ethyl adjacent to an activating group) is 1. The van der Waals surface area contributed by atoms with Gasteiger partial charge in [0.2, 0.25) is 0 Å². The topological polar surface area (TPSA) is 54.4 Å². The molecule has 0 spiro atoms. The summed E-state index contributed by atoms with van der Waals surface area (Å²) in [5.74, 6) is 0.455. The first-order valence-corrected chi connectivity index (χ1v) is 8.26. The molecule has 0 amide bonds. The molecule has 1 N–H and O–H groups in total. The third-order valence-electron chi connectivity index (χ3n) is 2.78. The molecular weight excluding hydrogens is 458 g/mol. The van der Waals surface area contributed by atoms with Crippen molar-refractivity contribution in [3.8, 4) is 0 Å². The number of aliphatic hydroxyl groups excluding tert-OH is 1. The molecule has 2 aromatic rings. The van der Waals surface area contributed by atoms with Crippen LogP contribution in [-0.4, -0.2) is 40.4 Å². The maximum Gasteiger partial charge on any atom is 0.183 e. The van der Waals surface area contributed by atoms with E-state index in [0.29, 0.717) is 22.7 Å². The van der Waals surface area contributed by atoms with Crippen LogP contribution in [0.4, 0.5) is 0 Å². The van der Waals surface area contributed by atoms with E-state index in [1.165, 1.54) is 0 Å². The van der Waals surface area contributed by atoms with Gasteiger partial charge in [-0.15, -0.1) is 0 Å². The fourth-order valence-electron chi connectivity index (χ4n) is 1.75. The van der Waals surface area contributed by atoms with Gasteiger partial charge in [-0.1, -0.05) is 0 Å². The van der Waals surface area contributed by atoms with E-state index in [1.807, 2.05) is 14.1 Å². The van der Waals surface area contributed by atoms with Crippen molar-refractivity contribution in [2.24, 2.45) is 0 Å². The van der Waals surface area contributed by atoms with E-state index in [1.54, 1.807) is 16.9 Å². The summed E-state index contributed by atoms with van der Waals surface area (Å²) in [5.41, 5.74) is 0.681. The highest BCUT2D eigenvalue weighted by Crippen LogP contribution is 2.34. The van der Waals surface area contributed by atoms with Gasteiger partial charge in [-0.25, -0.2) is 0 Å². The van der Waals surface area contributed by atoms with Crippen LogP contribution in [0.15, 0.2) is 30.3 Å². The third kappa shape index (κ3) is 3.54. The van der Waals surface area contributed by atoms with Gasteiger partial charge in [-0.05, 0) is 68.0 Å². The predicted octanol–water partition coefficient (Wildman–Crippen LogP) is 3.41. The number of halogens is 3. The number of furan rings is 1. The van der Waals surface area contributed by atoms with Crippen LogP contribution in [-0.2, 0) is 6.54 Å². The predicted molar refractivity (Wildman–Crippen MR) is 86.7 cm³/mol. The number of hydrogen-bond donors (Lipinski definition) is 1. The summed E-state index contributed by atoms with van der Waals surface area (Å²) in [6, 6.07) is 1.74. The van der Waals surface area contributed by atoms with E-state index < -0.39 is 6.10 Å². The van der Waals surface area contributed by atoms with Gasteiger partial charge in [0.25, 0.3) is 0 Å². The van der Waals surface area contributed by atoms with Crippen molar-refractivity contribution in [2.75, 3.05) is 20.6 Å². The molecule has 0 radical (unpaired) electrons. The van der Waals surface area contributed by atoms with Crippen LogP contribution in [0.5, 0.6) is 0 Å². The van der Waals surface area contributed by atoms with Gasteiger partial charge >= 0.3 is 0 Å². The Bertz CT molecular complexity index is 575. The molecule has 2 aromatic heterocycles. The second-order valence-corrected chi connectivity index (χ2v) is 7.01. The molecule has 0 aliphatic carbocycles. The highest BCUT2D eigenvalue weighted by molar-refractivity contribution is 9.13. The van der Waals surface area contributed by atoms with Crippen LogP contribution in [0, 0.1) is 0 Å². The molecule has 5 nitrogen and oxygen atoms in total. The summed E-state index contributed by atoms with van der Waals surface area (Å²) >= 11 is 10.0. The number of aromatic nitrogens is 2. The Hall–Kier alpha value is -0.150. The Kier molecular flexibility index (Phi) is 5.47. The minimum absolute atomic E-state index is 0.455. The van der Waals surface area contributed by atoms with Crippen LogP contribution in [0.1, 0.15) is 17.6 Å². The van der Waals surface area contributed by atoms with Crippen molar-refractivity contribution in [3.63, 3.8) is 0 Å². The Morgan fingerprint density at radius 1 is 1.35 bits per heavy atom. The van der Waals surface area contributed by atoms with E-state index in [2.05, 4.69) is 57.8 Å². The molecule has 1 atom stereocenters. The largest absolute Gasteiger partial charge is 0.450 e. The molecule has 0 aliphatic heterocycles. The van der Waals surface area contributed by atoms with E-state index in [0.717, 1.165) is 15.5 Å². The standard InChI is InChI=1S/C12H14Br3N3O2/c1-17(2)3-4-18-10(8(14)6-16-18)11(19)9-5-7(13)12(15)20-9/h5-6,11,19H,3-4H2,1-2H3. The lowest BCUT2D eigenvalue weighted by molar-refractivity contribution is 0.174. The molecule has 0 fully saturated rings. The number of aliphatic hydroxyl groups is 1. The molecule has 20 heavy (non-hydrogen) atoms. The summed E-state index contributed by atoms with van der Waals surface area (Å²) in [4.78, 5) is 2.06. The SMILES string of the molecule is CN(C)CCn1ncc(Br)c1C(O)c1cc(Br)c(Br)o1. The molecule has 2 rings (SSSR count). The van der Waals surface area contributed by atoms with Crippen LogP contribution >= 0.6 is 47.8 Å². The minimum atomic E-state index is -0.878. The molecule has 110 valence electrons. The average molecular weight is 472 g/mol. The number of rotatable bonds is 5. The van der Waals surface area contributed by atoms with Gasteiger partial charge in [-0.2, -0.15) is 5.10 Å². The van der Waals surface area contributed by atoms with Crippen molar-refractivity contribution in [2.45, 2.75) is 12.6 Å². The molecule has 0 saturated carbocycles. The molecule has 0 bridgehead atoms. The van der Waals surface area contributed by atoms with Gasteiger partial charge < -0.3 is 14.4 Å². The summed E-state index contributed by atoms with van der Waals surface area (Å²) in [6.07, 6.45) is 0.804. The molecule has 2 heterocycles. The monoisotopic (exact) mass is 469 g/mol. The first-order chi connectivity index (χ1) is 9.40. The van der Waals surface area contributed by atoms with Crippen molar-refractivity contribution < 1.29 is 9.52 Å². The first kappa shape index (κ1) is 16.2. The molecule has 0 saturated heterocycles. The van der Waals surface area contributed by atoms with Crippen molar-refractivity contribution in [1.29, 1.82) is 0 Å². The summed E-state index contributed by atoms with van der Waals surface area (Å²) in [7, 11) is 3.99. The van der Waals surface area contributed by atoms with Crippen LogP contribution in [0.3, 0.4) is 0 Å². The Balaban J connectivity index is 2.29. The maximum absolute atomic E-state index is 10.5. The lowest BCUT2D eigenvalue weighted by atomic mass is 10.2. The van der Waals surface area contributed by atoms with E-state index >= 15 is 0 Å². The Morgan fingerprint density at radius 3 is 2.60 bits per heavy atom. The normalized spacial score (nSPS) is 13.2.